The number of nitrogens with one attached hydrogen (secondary N) is 2. The summed E-state index contributed by atoms with van der Waals surface area (Å²) in [7, 11) is 6.58. The van der Waals surface area contributed by atoms with E-state index in [1.54, 1.807) is 28.4 Å². The fourth-order valence-electron chi connectivity index (χ4n) is 2.29. The summed E-state index contributed by atoms with van der Waals surface area (Å²) in [6.07, 6.45) is 1.08. The first-order valence-electron chi connectivity index (χ1n) is 8.86. The summed E-state index contributed by atoms with van der Waals surface area (Å²) in [6, 6.07) is 3.71. The van der Waals surface area contributed by atoms with Crippen molar-refractivity contribution in [2.24, 2.45) is 10.9 Å². The van der Waals surface area contributed by atoms with Crippen molar-refractivity contribution in [3.8, 4) is 17.2 Å². The van der Waals surface area contributed by atoms with E-state index < -0.39 is 0 Å². The molecule has 0 aliphatic rings. The molecule has 148 valence electrons. The predicted molar refractivity (Wildman–Crippen MR) is 105 cm³/mol. The predicted octanol–water partition coefficient (Wildman–Crippen LogP) is 2.44. The lowest BCUT2D eigenvalue weighted by molar-refractivity contribution is 0.128. The molecule has 0 bridgehead atoms. The lowest BCUT2D eigenvalue weighted by Crippen LogP contribution is -2.38. The van der Waals surface area contributed by atoms with Crippen LogP contribution in [0.4, 0.5) is 0 Å². The summed E-state index contributed by atoms with van der Waals surface area (Å²) >= 11 is 0. The van der Waals surface area contributed by atoms with Crippen molar-refractivity contribution in [3.63, 3.8) is 0 Å². The third kappa shape index (κ3) is 7.39. The van der Waals surface area contributed by atoms with E-state index in [2.05, 4.69) is 29.5 Å². The summed E-state index contributed by atoms with van der Waals surface area (Å²) in [5, 5.41) is 6.50. The monoisotopic (exact) mass is 367 g/mol. The Balaban J connectivity index is 2.52. The number of aliphatic imine (C=N–C) groups is 1. The van der Waals surface area contributed by atoms with Crippen LogP contribution in [0.5, 0.6) is 17.2 Å². The second-order valence-corrected chi connectivity index (χ2v) is 6.17. The second-order valence-electron chi connectivity index (χ2n) is 6.17. The highest BCUT2D eigenvalue weighted by atomic mass is 16.5. The molecular formula is C19H33N3O4. The van der Waals surface area contributed by atoms with Crippen molar-refractivity contribution in [1.82, 2.24) is 10.6 Å². The molecule has 0 heterocycles. The molecule has 1 rings (SSSR count). The number of benzene rings is 1. The fraction of sp³-hybridized carbons (Fsp3) is 0.632. The standard InChI is InChI=1S/C19H33N3O4/c1-14(2)7-9-26-10-8-21-19(20-3)22-13-15-11-17(24-5)18(25-6)12-16(15)23-4/h11-12,14H,7-10,13H2,1-6H3,(H2,20,21,22). The first-order valence-corrected chi connectivity index (χ1v) is 8.86. The number of hydrogen-bond donors (Lipinski definition) is 2. The van der Waals surface area contributed by atoms with Gasteiger partial charge in [0, 0.05) is 38.4 Å². The minimum Gasteiger partial charge on any atom is -0.496 e. The molecule has 0 amide bonds. The van der Waals surface area contributed by atoms with Crippen LogP contribution in [0.1, 0.15) is 25.8 Å². The maximum Gasteiger partial charge on any atom is 0.191 e. The molecule has 2 N–H and O–H groups in total. The molecule has 26 heavy (non-hydrogen) atoms. The zero-order valence-corrected chi connectivity index (χ0v) is 16.8. The summed E-state index contributed by atoms with van der Waals surface area (Å²) in [5.41, 5.74) is 0.946. The first kappa shape index (κ1) is 21.9. The smallest absolute Gasteiger partial charge is 0.191 e. The first-order chi connectivity index (χ1) is 12.5. The van der Waals surface area contributed by atoms with E-state index >= 15 is 0 Å². The number of rotatable bonds is 11. The van der Waals surface area contributed by atoms with Gasteiger partial charge in [0.15, 0.2) is 17.5 Å². The van der Waals surface area contributed by atoms with Crippen molar-refractivity contribution >= 4 is 5.96 Å². The fourth-order valence-corrected chi connectivity index (χ4v) is 2.29. The number of guanidine groups is 1. The Morgan fingerprint density at radius 3 is 2.19 bits per heavy atom. The van der Waals surface area contributed by atoms with E-state index in [1.165, 1.54) is 0 Å². The molecule has 0 radical (unpaired) electrons. The molecule has 0 aliphatic carbocycles. The van der Waals surface area contributed by atoms with Crippen LogP contribution in [0, 0.1) is 5.92 Å². The van der Waals surface area contributed by atoms with Gasteiger partial charge in [0.05, 0.1) is 27.9 Å². The largest absolute Gasteiger partial charge is 0.496 e. The van der Waals surface area contributed by atoms with E-state index in [0.29, 0.717) is 43.1 Å². The Bertz CT molecular complexity index is 562. The Morgan fingerprint density at radius 1 is 0.962 bits per heavy atom. The highest BCUT2D eigenvalue weighted by Crippen LogP contribution is 2.34. The zero-order chi connectivity index (χ0) is 19.4. The molecule has 0 spiro atoms. The third-order valence-corrected chi connectivity index (χ3v) is 3.83. The van der Waals surface area contributed by atoms with Crippen LogP contribution in [0.15, 0.2) is 17.1 Å². The van der Waals surface area contributed by atoms with E-state index in [9.17, 15) is 0 Å². The molecule has 0 aliphatic heterocycles. The topological polar surface area (TPSA) is 73.3 Å². The number of ether oxygens (including phenoxy) is 4. The molecule has 0 unspecified atom stereocenters. The van der Waals surface area contributed by atoms with Gasteiger partial charge in [0.1, 0.15) is 5.75 Å². The molecule has 7 heteroatoms. The van der Waals surface area contributed by atoms with E-state index in [-0.39, 0.29) is 0 Å². The van der Waals surface area contributed by atoms with Gasteiger partial charge in [-0.1, -0.05) is 13.8 Å². The van der Waals surface area contributed by atoms with Gasteiger partial charge >= 0.3 is 0 Å². The third-order valence-electron chi connectivity index (χ3n) is 3.83. The zero-order valence-electron chi connectivity index (χ0n) is 16.8. The number of methoxy groups -OCH3 is 3. The lowest BCUT2D eigenvalue weighted by atomic mass is 10.1. The molecule has 0 fully saturated rings. The van der Waals surface area contributed by atoms with Crippen molar-refractivity contribution in [3.05, 3.63) is 17.7 Å². The number of hydrogen-bond acceptors (Lipinski definition) is 5. The Hall–Kier alpha value is -2.15. The van der Waals surface area contributed by atoms with E-state index in [0.717, 1.165) is 24.3 Å². The number of nitrogens with zero attached hydrogens (tertiary/aromatic N) is 1. The molecule has 1 aromatic rings. The Morgan fingerprint density at radius 2 is 1.62 bits per heavy atom. The molecular weight excluding hydrogens is 334 g/mol. The molecule has 0 atom stereocenters. The Kier molecular flexibility index (Phi) is 10.3. The SMILES string of the molecule is CN=C(NCCOCCC(C)C)NCc1cc(OC)c(OC)cc1OC. The molecule has 1 aromatic carbocycles. The van der Waals surface area contributed by atoms with Crippen LogP contribution < -0.4 is 24.8 Å². The summed E-state index contributed by atoms with van der Waals surface area (Å²) < 4.78 is 21.7. The maximum absolute atomic E-state index is 5.60. The average molecular weight is 367 g/mol. The normalized spacial score (nSPS) is 11.4. The van der Waals surface area contributed by atoms with Crippen molar-refractivity contribution in [2.45, 2.75) is 26.8 Å². The van der Waals surface area contributed by atoms with Crippen LogP contribution in [0.25, 0.3) is 0 Å². The van der Waals surface area contributed by atoms with Gasteiger partial charge in [-0.05, 0) is 18.4 Å². The summed E-state index contributed by atoms with van der Waals surface area (Å²) in [5.74, 6) is 3.38. The van der Waals surface area contributed by atoms with Crippen LogP contribution >= 0.6 is 0 Å². The van der Waals surface area contributed by atoms with Crippen LogP contribution in [0.3, 0.4) is 0 Å². The quantitative estimate of drug-likeness (QED) is 0.356. The van der Waals surface area contributed by atoms with Gasteiger partial charge in [-0.15, -0.1) is 0 Å². The minimum atomic E-state index is 0.539. The maximum atomic E-state index is 5.60. The summed E-state index contributed by atoms with van der Waals surface area (Å²) in [6.45, 7) is 7.05. The highest BCUT2D eigenvalue weighted by molar-refractivity contribution is 5.79. The van der Waals surface area contributed by atoms with Crippen LogP contribution in [0.2, 0.25) is 0 Å². The van der Waals surface area contributed by atoms with Crippen LogP contribution in [-0.4, -0.2) is 54.1 Å². The van der Waals surface area contributed by atoms with Crippen molar-refractivity contribution < 1.29 is 18.9 Å². The van der Waals surface area contributed by atoms with Crippen molar-refractivity contribution in [1.29, 1.82) is 0 Å². The molecule has 0 saturated heterocycles. The average Bonchev–Trinajstić information content (AvgIpc) is 2.65. The van der Waals surface area contributed by atoms with Gasteiger partial charge < -0.3 is 29.6 Å². The second kappa shape index (κ2) is 12.2. The van der Waals surface area contributed by atoms with E-state index in [1.807, 2.05) is 12.1 Å². The molecule has 7 nitrogen and oxygen atoms in total. The van der Waals surface area contributed by atoms with Gasteiger partial charge in [-0.2, -0.15) is 0 Å². The van der Waals surface area contributed by atoms with Gasteiger partial charge in [-0.3, -0.25) is 4.99 Å². The van der Waals surface area contributed by atoms with Crippen molar-refractivity contribution in [2.75, 3.05) is 48.1 Å². The summed E-state index contributed by atoms with van der Waals surface area (Å²) in [4.78, 5) is 4.22. The van der Waals surface area contributed by atoms with Gasteiger partial charge in [-0.25, -0.2) is 0 Å². The molecule has 0 aromatic heterocycles. The van der Waals surface area contributed by atoms with Gasteiger partial charge in [0.2, 0.25) is 0 Å². The lowest BCUT2D eigenvalue weighted by Gasteiger charge is -2.16. The molecule has 0 saturated carbocycles. The highest BCUT2D eigenvalue weighted by Gasteiger charge is 2.12. The van der Waals surface area contributed by atoms with Gasteiger partial charge in [0.25, 0.3) is 0 Å². The van der Waals surface area contributed by atoms with E-state index in [4.69, 9.17) is 18.9 Å². The minimum absolute atomic E-state index is 0.539. The van der Waals surface area contributed by atoms with Crippen LogP contribution in [-0.2, 0) is 11.3 Å². The Labute approximate surface area is 157 Å².